The molecule has 0 spiro atoms. The Balaban J connectivity index is 5.26. The highest BCUT2D eigenvalue weighted by Gasteiger charge is 2.30. The fraction of sp³-hybridized carbons (Fsp3) is 0.949. The minimum atomic E-state index is -4.96. The summed E-state index contributed by atoms with van der Waals surface area (Å²) in [5, 5.41) is 10.6. The van der Waals surface area contributed by atoms with E-state index < -0.39 is 97.5 Å². The Hall–Kier alpha value is -1.94. The first-order chi connectivity index (χ1) is 47.7. The zero-order valence-corrected chi connectivity index (χ0v) is 65.6. The predicted octanol–water partition coefficient (Wildman–Crippen LogP) is 23.8. The molecule has 0 aromatic heterocycles. The second-order valence-corrected chi connectivity index (χ2v) is 31.4. The molecule has 0 bridgehead atoms. The minimum absolute atomic E-state index is 0.109. The van der Waals surface area contributed by atoms with Crippen molar-refractivity contribution >= 4 is 39.5 Å². The van der Waals surface area contributed by atoms with Gasteiger partial charge in [0.25, 0.3) is 0 Å². The molecule has 0 heterocycles. The second kappa shape index (κ2) is 73.4. The van der Waals surface area contributed by atoms with E-state index in [1.807, 2.05) is 0 Å². The smallest absolute Gasteiger partial charge is 0.462 e. The lowest BCUT2D eigenvalue weighted by Gasteiger charge is -2.21. The van der Waals surface area contributed by atoms with Gasteiger partial charge in [-0.3, -0.25) is 37.3 Å². The molecule has 0 aromatic rings. The summed E-state index contributed by atoms with van der Waals surface area (Å²) in [6.07, 6.45) is 65.0. The number of ether oxygens (including phenoxy) is 4. The molecule has 98 heavy (non-hydrogen) atoms. The van der Waals surface area contributed by atoms with Crippen LogP contribution < -0.4 is 0 Å². The average molecular weight is 1440 g/mol. The van der Waals surface area contributed by atoms with Crippen molar-refractivity contribution in [2.75, 3.05) is 39.6 Å². The van der Waals surface area contributed by atoms with E-state index in [9.17, 15) is 43.2 Å². The number of esters is 4. The highest BCUT2D eigenvalue weighted by atomic mass is 31.2. The van der Waals surface area contributed by atoms with E-state index >= 15 is 0 Å². The molecule has 5 atom stereocenters. The van der Waals surface area contributed by atoms with Gasteiger partial charge < -0.3 is 33.8 Å². The molecule has 0 aliphatic heterocycles. The number of rotatable bonds is 80. The van der Waals surface area contributed by atoms with Gasteiger partial charge in [0.1, 0.15) is 19.3 Å². The zero-order chi connectivity index (χ0) is 71.8. The van der Waals surface area contributed by atoms with Crippen LogP contribution in [0.4, 0.5) is 0 Å². The molecule has 582 valence electrons. The monoisotopic (exact) mass is 1440 g/mol. The van der Waals surface area contributed by atoms with Crippen molar-refractivity contribution < 1.29 is 80.2 Å². The van der Waals surface area contributed by atoms with Crippen LogP contribution in [0.1, 0.15) is 426 Å². The summed E-state index contributed by atoms with van der Waals surface area (Å²) in [7, 11) is -9.91. The number of phosphoric acid groups is 2. The van der Waals surface area contributed by atoms with Crippen molar-refractivity contribution in [2.45, 2.75) is 444 Å². The lowest BCUT2D eigenvalue weighted by Crippen LogP contribution is -2.30. The summed E-state index contributed by atoms with van der Waals surface area (Å²) >= 11 is 0. The van der Waals surface area contributed by atoms with Gasteiger partial charge in [0.15, 0.2) is 12.2 Å². The van der Waals surface area contributed by atoms with Crippen molar-refractivity contribution in [1.82, 2.24) is 0 Å². The molecular weight excluding hydrogens is 1280 g/mol. The molecule has 2 unspecified atom stereocenters. The van der Waals surface area contributed by atoms with Crippen molar-refractivity contribution in [3.05, 3.63) is 0 Å². The number of hydrogen-bond acceptors (Lipinski definition) is 15. The van der Waals surface area contributed by atoms with Crippen LogP contribution in [0.3, 0.4) is 0 Å². The van der Waals surface area contributed by atoms with Crippen LogP contribution in [0.2, 0.25) is 0 Å². The molecule has 0 rings (SSSR count). The van der Waals surface area contributed by atoms with Gasteiger partial charge in [-0.25, -0.2) is 9.13 Å². The van der Waals surface area contributed by atoms with Crippen LogP contribution in [0.15, 0.2) is 0 Å². The quantitative estimate of drug-likeness (QED) is 0.0222. The third-order valence-electron chi connectivity index (χ3n) is 18.6. The first kappa shape index (κ1) is 96.1. The molecule has 0 saturated carbocycles. The molecule has 19 heteroatoms. The molecule has 0 aliphatic carbocycles. The van der Waals surface area contributed by atoms with Crippen molar-refractivity contribution in [2.24, 2.45) is 0 Å². The van der Waals surface area contributed by atoms with E-state index in [0.29, 0.717) is 25.7 Å². The summed E-state index contributed by atoms with van der Waals surface area (Å²) in [5.74, 6) is -2.10. The Morgan fingerprint density at radius 1 is 0.245 bits per heavy atom. The lowest BCUT2D eigenvalue weighted by molar-refractivity contribution is -0.161. The Bertz CT molecular complexity index is 1860. The summed E-state index contributed by atoms with van der Waals surface area (Å²) in [6, 6.07) is 0. The van der Waals surface area contributed by atoms with Gasteiger partial charge >= 0.3 is 39.5 Å². The summed E-state index contributed by atoms with van der Waals surface area (Å²) in [5.41, 5.74) is 0. The Labute approximate surface area is 600 Å². The van der Waals surface area contributed by atoms with Gasteiger partial charge in [-0.15, -0.1) is 0 Å². The zero-order valence-electron chi connectivity index (χ0n) is 63.8. The molecule has 17 nitrogen and oxygen atoms in total. The largest absolute Gasteiger partial charge is 0.472 e. The highest BCUT2D eigenvalue weighted by molar-refractivity contribution is 7.47. The molecular formula is C79H154O17P2. The molecule has 0 aliphatic rings. The number of carbonyl (C=O) groups is 4. The third-order valence-corrected chi connectivity index (χ3v) is 20.5. The topological polar surface area (TPSA) is 237 Å². The van der Waals surface area contributed by atoms with Crippen molar-refractivity contribution in [3.8, 4) is 0 Å². The molecule has 0 fully saturated rings. The van der Waals surface area contributed by atoms with Crippen molar-refractivity contribution in [3.63, 3.8) is 0 Å². The average Bonchev–Trinajstić information content (AvgIpc) is 1.02. The standard InChI is InChI=1S/C79H154O17P2/c1-5-9-13-17-21-25-29-33-35-36-38-42-46-50-54-58-62-66-79(84)96-75(70-90-77(82)64-60-56-52-48-44-41-37-34-30-26-22-18-14-10-6-2)72-94-98(87,88)92-68-73(80)67-91-97(85,86)93-71-74(95-78(83)65-61-57-53-49-45-40-32-28-24-20-16-12-8-4)69-89-76(81)63-59-55-51-47-43-39-31-27-23-19-15-11-7-3/h73-75,80H,5-72H2,1-4H3,(H,85,86)(H,87,88)/t73-,74+,75+/m0/s1. The van der Waals surface area contributed by atoms with Gasteiger partial charge in [-0.05, 0) is 25.7 Å². The molecule has 0 aromatic carbocycles. The first-order valence-electron chi connectivity index (χ1n) is 41.3. The van der Waals surface area contributed by atoms with E-state index in [1.54, 1.807) is 0 Å². The van der Waals surface area contributed by atoms with Crippen LogP contribution in [-0.2, 0) is 65.4 Å². The van der Waals surface area contributed by atoms with Gasteiger partial charge in [-0.2, -0.15) is 0 Å². The van der Waals surface area contributed by atoms with E-state index in [4.69, 9.17) is 37.0 Å². The van der Waals surface area contributed by atoms with E-state index in [1.165, 1.54) is 257 Å². The maximum Gasteiger partial charge on any atom is 0.472 e. The fourth-order valence-electron chi connectivity index (χ4n) is 12.3. The van der Waals surface area contributed by atoms with Gasteiger partial charge in [0.2, 0.25) is 0 Å². The Morgan fingerprint density at radius 3 is 0.602 bits per heavy atom. The molecule has 0 saturated heterocycles. The number of phosphoric ester groups is 2. The van der Waals surface area contributed by atoms with Crippen LogP contribution in [0, 0.1) is 0 Å². The van der Waals surface area contributed by atoms with Gasteiger partial charge in [0, 0.05) is 25.7 Å². The first-order valence-corrected chi connectivity index (χ1v) is 44.3. The maximum absolute atomic E-state index is 13.1. The number of aliphatic hydroxyl groups excluding tert-OH is 1. The molecule has 0 amide bonds. The summed E-state index contributed by atoms with van der Waals surface area (Å²) < 4.78 is 68.7. The SMILES string of the molecule is CCCCCCCCCCCCCCCCCCCC(=O)O[C@H](COC(=O)CCCCCCCCCCCCCCCCC)COP(=O)(O)OC[C@@H](O)COP(=O)(O)OC[C@@H](COC(=O)CCCCCCCCCCCCCCC)OC(=O)CCCCCCCCCCCCCCC. The number of carbonyl (C=O) groups excluding carboxylic acids is 4. The van der Waals surface area contributed by atoms with E-state index in [0.717, 1.165) is 89.9 Å². The highest BCUT2D eigenvalue weighted by Crippen LogP contribution is 2.45. The Kier molecular flexibility index (Phi) is 71.9. The van der Waals surface area contributed by atoms with E-state index in [2.05, 4.69) is 27.7 Å². The van der Waals surface area contributed by atoms with Crippen molar-refractivity contribution in [1.29, 1.82) is 0 Å². The van der Waals surface area contributed by atoms with Crippen LogP contribution in [-0.4, -0.2) is 96.7 Å². The third kappa shape index (κ3) is 72.4. The maximum atomic E-state index is 13.1. The van der Waals surface area contributed by atoms with Crippen LogP contribution in [0.5, 0.6) is 0 Å². The fourth-order valence-corrected chi connectivity index (χ4v) is 13.9. The second-order valence-electron chi connectivity index (χ2n) is 28.5. The Morgan fingerprint density at radius 2 is 0.408 bits per heavy atom. The molecule has 3 N–H and O–H groups in total. The van der Waals surface area contributed by atoms with E-state index in [-0.39, 0.29) is 25.7 Å². The number of hydrogen-bond donors (Lipinski definition) is 3. The number of unbranched alkanes of at least 4 members (excludes halogenated alkanes) is 54. The normalized spacial score (nSPS) is 13.8. The molecule has 0 radical (unpaired) electrons. The van der Waals surface area contributed by atoms with Gasteiger partial charge in [-0.1, -0.05) is 374 Å². The van der Waals surface area contributed by atoms with Crippen LogP contribution in [0.25, 0.3) is 0 Å². The number of aliphatic hydroxyl groups is 1. The summed E-state index contributed by atoms with van der Waals surface area (Å²) in [6.45, 7) is 5.03. The minimum Gasteiger partial charge on any atom is -0.462 e. The van der Waals surface area contributed by atoms with Crippen LogP contribution >= 0.6 is 15.6 Å². The lowest BCUT2D eigenvalue weighted by atomic mass is 10.0. The van der Waals surface area contributed by atoms with Gasteiger partial charge in [0.05, 0.1) is 26.4 Å². The summed E-state index contributed by atoms with van der Waals surface area (Å²) in [4.78, 5) is 73.0. The predicted molar refractivity (Wildman–Crippen MR) is 400 cm³/mol.